The summed E-state index contributed by atoms with van der Waals surface area (Å²) in [7, 11) is 0. The van der Waals surface area contributed by atoms with Crippen LogP contribution in [0.15, 0.2) is 24.4 Å². The van der Waals surface area contributed by atoms with Gasteiger partial charge in [0.15, 0.2) is 0 Å². The quantitative estimate of drug-likeness (QED) is 0.714. The van der Waals surface area contributed by atoms with Crippen LogP contribution in [-0.4, -0.2) is 17.7 Å². The van der Waals surface area contributed by atoms with Crippen LogP contribution < -0.4 is 5.32 Å². The van der Waals surface area contributed by atoms with Crippen molar-refractivity contribution in [1.29, 1.82) is 0 Å². The first kappa shape index (κ1) is 15.7. The molecule has 1 N–H and O–H groups in total. The summed E-state index contributed by atoms with van der Waals surface area (Å²) in [5.41, 5.74) is 1.10. The summed E-state index contributed by atoms with van der Waals surface area (Å²) in [4.78, 5) is 0. The van der Waals surface area contributed by atoms with Gasteiger partial charge in [-0.25, -0.2) is 0 Å². The predicted molar refractivity (Wildman–Crippen MR) is 88.9 cm³/mol. The van der Waals surface area contributed by atoms with Gasteiger partial charge in [-0.05, 0) is 43.5 Å². The third-order valence-electron chi connectivity index (χ3n) is 3.47. The maximum atomic E-state index is 6.19. The lowest BCUT2D eigenvalue weighted by molar-refractivity contribution is 0.517. The van der Waals surface area contributed by atoms with Crippen LogP contribution in [0.5, 0.6) is 0 Å². The molecule has 0 amide bonds. The standard InChI is InChI=1S/C16H22Cl2N2/c1-12(2)4-3-6-19-7-9-20-8-5-14-15(18)10-13(17)11-16(14)20/h5,8,10-12,19H,3-4,6-7,9H2,1-2H3. The molecular formula is C16H22Cl2N2. The Morgan fingerprint density at radius 3 is 2.75 bits per heavy atom. The lowest BCUT2D eigenvalue weighted by Gasteiger charge is -2.09. The minimum atomic E-state index is 0.687. The Kier molecular flexibility index (Phi) is 5.76. The van der Waals surface area contributed by atoms with Crippen molar-refractivity contribution >= 4 is 34.1 Å². The summed E-state index contributed by atoms with van der Waals surface area (Å²) >= 11 is 12.3. The number of nitrogens with zero attached hydrogens (tertiary/aromatic N) is 1. The zero-order valence-electron chi connectivity index (χ0n) is 12.1. The zero-order valence-corrected chi connectivity index (χ0v) is 13.6. The van der Waals surface area contributed by atoms with E-state index in [2.05, 4.69) is 29.9 Å². The van der Waals surface area contributed by atoms with E-state index in [1.165, 1.54) is 12.8 Å². The van der Waals surface area contributed by atoms with Gasteiger partial charge in [-0.3, -0.25) is 0 Å². The monoisotopic (exact) mass is 312 g/mol. The Morgan fingerprint density at radius 2 is 2.00 bits per heavy atom. The van der Waals surface area contributed by atoms with Gasteiger partial charge in [-0.2, -0.15) is 0 Å². The maximum absolute atomic E-state index is 6.19. The van der Waals surface area contributed by atoms with Crippen molar-refractivity contribution in [2.45, 2.75) is 33.2 Å². The Balaban J connectivity index is 1.87. The van der Waals surface area contributed by atoms with Crippen molar-refractivity contribution in [1.82, 2.24) is 9.88 Å². The van der Waals surface area contributed by atoms with E-state index < -0.39 is 0 Å². The number of hydrogen-bond donors (Lipinski definition) is 1. The average Bonchev–Trinajstić information content (AvgIpc) is 2.76. The second kappa shape index (κ2) is 7.35. The first-order valence-electron chi connectivity index (χ1n) is 7.22. The molecular weight excluding hydrogens is 291 g/mol. The minimum Gasteiger partial charge on any atom is -0.346 e. The van der Waals surface area contributed by atoms with Crippen LogP contribution in [0.25, 0.3) is 10.9 Å². The van der Waals surface area contributed by atoms with Gasteiger partial charge in [0.25, 0.3) is 0 Å². The van der Waals surface area contributed by atoms with Gasteiger partial charge in [-0.1, -0.05) is 37.0 Å². The van der Waals surface area contributed by atoms with Crippen LogP contribution in [0, 0.1) is 5.92 Å². The number of aromatic nitrogens is 1. The summed E-state index contributed by atoms with van der Waals surface area (Å²) in [6.07, 6.45) is 4.59. The first-order valence-corrected chi connectivity index (χ1v) is 7.98. The fourth-order valence-electron chi connectivity index (χ4n) is 2.37. The fourth-order valence-corrected chi connectivity index (χ4v) is 2.92. The zero-order chi connectivity index (χ0) is 14.5. The molecule has 0 bridgehead atoms. The van der Waals surface area contributed by atoms with E-state index >= 15 is 0 Å². The summed E-state index contributed by atoms with van der Waals surface area (Å²) in [6.45, 7) is 7.51. The molecule has 0 saturated carbocycles. The van der Waals surface area contributed by atoms with Crippen molar-refractivity contribution in [2.75, 3.05) is 13.1 Å². The molecule has 4 heteroatoms. The van der Waals surface area contributed by atoms with Gasteiger partial charge in [0.05, 0.1) is 10.5 Å². The number of halogens is 2. The van der Waals surface area contributed by atoms with Gasteiger partial charge in [0.2, 0.25) is 0 Å². The second-order valence-electron chi connectivity index (χ2n) is 5.62. The number of benzene rings is 1. The molecule has 110 valence electrons. The Hall–Kier alpha value is -0.700. The van der Waals surface area contributed by atoms with Crippen LogP contribution >= 0.6 is 23.2 Å². The molecule has 1 aromatic heterocycles. The first-order chi connectivity index (χ1) is 9.58. The number of hydrogen-bond acceptors (Lipinski definition) is 1. The highest BCUT2D eigenvalue weighted by molar-refractivity contribution is 6.38. The highest BCUT2D eigenvalue weighted by Gasteiger charge is 2.06. The molecule has 0 aliphatic heterocycles. The lowest BCUT2D eigenvalue weighted by Crippen LogP contribution is -2.21. The third-order valence-corrected chi connectivity index (χ3v) is 4.00. The highest BCUT2D eigenvalue weighted by atomic mass is 35.5. The summed E-state index contributed by atoms with van der Waals surface area (Å²) in [5, 5.41) is 5.96. The summed E-state index contributed by atoms with van der Waals surface area (Å²) in [6, 6.07) is 5.81. The van der Waals surface area contributed by atoms with E-state index in [0.717, 1.165) is 41.5 Å². The molecule has 2 nitrogen and oxygen atoms in total. The Bertz CT molecular complexity index is 561. The number of rotatable bonds is 7. The molecule has 0 radical (unpaired) electrons. The van der Waals surface area contributed by atoms with Crippen LogP contribution in [0.2, 0.25) is 10.0 Å². The molecule has 1 heterocycles. The molecule has 20 heavy (non-hydrogen) atoms. The normalized spacial score (nSPS) is 11.7. The van der Waals surface area contributed by atoms with Crippen molar-refractivity contribution in [3.05, 3.63) is 34.4 Å². The van der Waals surface area contributed by atoms with E-state index in [0.29, 0.717) is 5.02 Å². The van der Waals surface area contributed by atoms with Crippen LogP contribution in [-0.2, 0) is 6.54 Å². The van der Waals surface area contributed by atoms with E-state index in [4.69, 9.17) is 23.2 Å². The fraction of sp³-hybridized carbons (Fsp3) is 0.500. The van der Waals surface area contributed by atoms with E-state index in [1.807, 2.05) is 12.1 Å². The van der Waals surface area contributed by atoms with Gasteiger partial charge >= 0.3 is 0 Å². The van der Waals surface area contributed by atoms with E-state index in [1.54, 1.807) is 6.07 Å². The molecule has 0 unspecified atom stereocenters. The van der Waals surface area contributed by atoms with Gasteiger partial charge in [0.1, 0.15) is 0 Å². The Labute approximate surface area is 131 Å². The molecule has 0 fully saturated rings. The Morgan fingerprint density at radius 1 is 1.20 bits per heavy atom. The van der Waals surface area contributed by atoms with Gasteiger partial charge < -0.3 is 9.88 Å². The molecule has 0 saturated heterocycles. The topological polar surface area (TPSA) is 17.0 Å². The van der Waals surface area contributed by atoms with Gasteiger partial charge in [-0.15, -0.1) is 0 Å². The van der Waals surface area contributed by atoms with E-state index in [-0.39, 0.29) is 0 Å². The summed E-state index contributed by atoms with van der Waals surface area (Å²) in [5.74, 6) is 0.787. The molecule has 1 aromatic carbocycles. The smallest absolute Gasteiger partial charge is 0.0514 e. The lowest BCUT2D eigenvalue weighted by atomic mass is 10.1. The largest absolute Gasteiger partial charge is 0.346 e. The van der Waals surface area contributed by atoms with Crippen molar-refractivity contribution < 1.29 is 0 Å². The van der Waals surface area contributed by atoms with Crippen molar-refractivity contribution in [3.8, 4) is 0 Å². The second-order valence-corrected chi connectivity index (χ2v) is 6.46. The molecule has 0 spiro atoms. The highest BCUT2D eigenvalue weighted by Crippen LogP contribution is 2.28. The molecule has 0 aliphatic carbocycles. The minimum absolute atomic E-state index is 0.687. The van der Waals surface area contributed by atoms with E-state index in [9.17, 15) is 0 Å². The van der Waals surface area contributed by atoms with Crippen LogP contribution in [0.3, 0.4) is 0 Å². The SMILES string of the molecule is CC(C)CCCNCCn1ccc2c(Cl)cc(Cl)cc21. The number of fused-ring (bicyclic) bond motifs is 1. The van der Waals surface area contributed by atoms with Crippen LogP contribution in [0.1, 0.15) is 26.7 Å². The number of nitrogens with one attached hydrogen (secondary N) is 1. The molecule has 0 aliphatic rings. The van der Waals surface area contributed by atoms with Crippen LogP contribution in [0.4, 0.5) is 0 Å². The molecule has 2 rings (SSSR count). The third kappa shape index (κ3) is 4.15. The molecule has 0 atom stereocenters. The van der Waals surface area contributed by atoms with Gasteiger partial charge in [0, 0.05) is 29.7 Å². The average molecular weight is 313 g/mol. The molecule has 2 aromatic rings. The van der Waals surface area contributed by atoms with Crippen molar-refractivity contribution in [3.63, 3.8) is 0 Å². The maximum Gasteiger partial charge on any atom is 0.0514 e. The summed E-state index contributed by atoms with van der Waals surface area (Å²) < 4.78 is 2.20. The predicted octanol–water partition coefficient (Wildman–Crippen LogP) is 4.97. The van der Waals surface area contributed by atoms with Crippen molar-refractivity contribution in [2.24, 2.45) is 5.92 Å².